The van der Waals surface area contributed by atoms with E-state index in [1.165, 1.54) is 0 Å². The van der Waals surface area contributed by atoms with E-state index in [-0.39, 0.29) is 18.1 Å². The Morgan fingerprint density at radius 3 is 2.83 bits per heavy atom. The Labute approximate surface area is 103 Å². The smallest absolute Gasteiger partial charge is 0.241 e. The first kappa shape index (κ1) is 10.9. The Morgan fingerprint density at radius 1 is 1.39 bits per heavy atom. The van der Waals surface area contributed by atoms with Gasteiger partial charge in [-0.1, -0.05) is 0 Å². The number of nitrogens with one attached hydrogen (secondary N) is 1. The van der Waals surface area contributed by atoms with E-state index in [0.717, 1.165) is 12.8 Å². The molecular weight excluding hydrogens is 234 g/mol. The van der Waals surface area contributed by atoms with Crippen molar-refractivity contribution in [1.82, 2.24) is 24.5 Å². The standard InChI is InChI=1S/C10H13N7O/c11-7-13-8(16-10(5-18)1-2-10)15-9(14-7)17-4-3-12-6-17/h3-4,6,18H,1-2,5H2,(H3,11,13,14,15,16). The molecule has 0 spiro atoms. The van der Waals surface area contributed by atoms with E-state index in [0.29, 0.717) is 11.9 Å². The largest absolute Gasteiger partial charge is 0.394 e. The minimum Gasteiger partial charge on any atom is -0.394 e. The van der Waals surface area contributed by atoms with Gasteiger partial charge in [0, 0.05) is 12.4 Å². The molecule has 0 saturated heterocycles. The predicted molar refractivity (Wildman–Crippen MR) is 64.0 cm³/mol. The fourth-order valence-electron chi connectivity index (χ4n) is 1.64. The lowest BCUT2D eigenvalue weighted by atomic mass is 10.3. The normalized spacial score (nSPS) is 16.5. The molecule has 1 fully saturated rings. The Morgan fingerprint density at radius 2 is 2.22 bits per heavy atom. The predicted octanol–water partition coefficient (Wildman–Crippen LogP) is -0.424. The minimum absolute atomic E-state index is 0.0546. The molecule has 0 aliphatic heterocycles. The van der Waals surface area contributed by atoms with Gasteiger partial charge in [-0.05, 0) is 12.8 Å². The fourth-order valence-corrected chi connectivity index (χ4v) is 1.64. The first-order chi connectivity index (χ1) is 8.71. The van der Waals surface area contributed by atoms with Crippen LogP contribution in [-0.4, -0.2) is 41.8 Å². The van der Waals surface area contributed by atoms with Crippen molar-refractivity contribution in [2.24, 2.45) is 0 Å². The summed E-state index contributed by atoms with van der Waals surface area (Å²) in [7, 11) is 0. The molecule has 94 valence electrons. The zero-order chi connectivity index (χ0) is 12.6. The lowest BCUT2D eigenvalue weighted by molar-refractivity contribution is 0.265. The van der Waals surface area contributed by atoms with Gasteiger partial charge in [0.25, 0.3) is 0 Å². The van der Waals surface area contributed by atoms with Gasteiger partial charge in [0.15, 0.2) is 0 Å². The Kier molecular flexibility index (Phi) is 2.37. The maximum absolute atomic E-state index is 9.26. The molecule has 0 amide bonds. The summed E-state index contributed by atoms with van der Waals surface area (Å²) in [6.07, 6.45) is 6.73. The second-order valence-corrected chi connectivity index (χ2v) is 4.35. The first-order valence-electron chi connectivity index (χ1n) is 5.60. The van der Waals surface area contributed by atoms with Crippen molar-refractivity contribution in [2.75, 3.05) is 17.7 Å². The van der Waals surface area contributed by atoms with Crippen LogP contribution in [0.15, 0.2) is 18.7 Å². The Balaban J connectivity index is 1.91. The van der Waals surface area contributed by atoms with Crippen molar-refractivity contribution >= 4 is 11.9 Å². The quantitative estimate of drug-likeness (QED) is 0.671. The van der Waals surface area contributed by atoms with E-state index >= 15 is 0 Å². The van der Waals surface area contributed by atoms with Crippen molar-refractivity contribution in [2.45, 2.75) is 18.4 Å². The lowest BCUT2D eigenvalue weighted by Gasteiger charge is -2.14. The molecule has 1 aliphatic rings. The van der Waals surface area contributed by atoms with E-state index in [1.54, 1.807) is 23.3 Å². The minimum atomic E-state index is -0.292. The third-order valence-corrected chi connectivity index (χ3v) is 2.91. The summed E-state index contributed by atoms with van der Waals surface area (Å²) < 4.78 is 1.64. The highest BCUT2D eigenvalue weighted by molar-refractivity contribution is 5.39. The highest BCUT2D eigenvalue weighted by atomic mass is 16.3. The maximum atomic E-state index is 9.26. The Bertz CT molecular complexity index is 549. The van der Waals surface area contributed by atoms with Gasteiger partial charge in [-0.15, -0.1) is 0 Å². The van der Waals surface area contributed by atoms with E-state index < -0.39 is 0 Å². The highest BCUT2D eigenvalue weighted by Crippen LogP contribution is 2.37. The van der Waals surface area contributed by atoms with Crippen molar-refractivity contribution in [3.05, 3.63) is 18.7 Å². The van der Waals surface area contributed by atoms with Gasteiger partial charge in [-0.3, -0.25) is 4.57 Å². The zero-order valence-corrected chi connectivity index (χ0v) is 9.61. The van der Waals surface area contributed by atoms with Crippen molar-refractivity contribution in [1.29, 1.82) is 0 Å². The molecule has 18 heavy (non-hydrogen) atoms. The number of aromatic nitrogens is 5. The van der Waals surface area contributed by atoms with Crippen LogP contribution in [0.4, 0.5) is 11.9 Å². The number of imidazole rings is 1. The van der Waals surface area contributed by atoms with Crippen LogP contribution < -0.4 is 11.1 Å². The summed E-state index contributed by atoms with van der Waals surface area (Å²) in [5.74, 6) is 0.902. The van der Waals surface area contributed by atoms with Crippen molar-refractivity contribution < 1.29 is 5.11 Å². The second kappa shape index (κ2) is 3.91. The number of anilines is 2. The second-order valence-electron chi connectivity index (χ2n) is 4.35. The van der Waals surface area contributed by atoms with Gasteiger partial charge < -0.3 is 16.2 Å². The summed E-state index contributed by atoms with van der Waals surface area (Å²) in [4.78, 5) is 16.2. The number of nitrogen functional groups attached to an aromatic ring is 1. The summed E-state index contributed by atoms with van der Waals surface area (Å²) in [5.41, 5.74) is 5.36. The van der Waals surface area contributed by atoms with E-state index in [2.05, 4.69) is 25.3 Å². The fraction of sp³-hybridized carbons (Fsp3) is 0.400. The van der Waals surface area contributed by atoms with Crippen LogP contribution in [0, 0.1) is 0 Å². The van der Waals surface area contributed by atoms with Gasteiger partial charge in [0.05, 0.1) is 12.1 Å². The molecule has 8 heteroatoms. The van der Waals surface area contributed by atoms with Gasteiger partial charge in [0.2, 0.25) is 17.8 Å². The number of aliphatic hydroxyl groups excluding tert-OH is 1. The monoisotopic (exact) mass is 247 g/mol. The SMILES string of the molecule is Nc1nc(NC2(CO)CC2)nc(-n2ccnc2)n1. The molecule has 2 heterocycles. The molecule has 3 rings (SSSR count). The Hall–Kier alpha value is -2.22. The molecule has 0 bridgehead atoms. The molecule has 0 aromatic carbocycles. The average molecular weight is 247 g/mol. The molecule has 4 N–H and O–H groups in total. The molecular formula is C10H13N7O. The maximum Gasteiger partial charge on any atom is 0.241 e. The zero-order valence-electron chi connectivity index (χ0n) is 9.61. The van der Waals surface area contributed by atoms with Crippen molar-refractivity contribution in [3.8, 4) is 5.95 Å². The average Bonchev–Trinajstić information content (AvgIpc) is 2.92. The molecule has 1 aliphatic carbocycles. The van der Waals surface area contributed by atoms with Gasteiger partial charge in [-0.2, -0.15) is 15.0 Å². The summed E-state index contributed by atoms with van der Waals surface area (Å²) in [5, 5.41) is 12.4. The van der Waals surface area contributed by atoms with Crippen LogP contribution in [0.25, 0.3) is 5.95 Å². The van der Waals surface area contributed by atoms with Crippen LogP contribution in [0.1, 0.15) is 12.8 Å². The third-order valence-electron chi connectivity index (χ3n) is 2.91. The van der Waals surface area contributed by atoms with Crippen LogP contribution in [-0.2, 0) is 0 Å². The van der Waals surface area contributed by atoms with Crippen molar-refractivity contribution in [3.63, 3.8) is 0 Å². The highest BCUT2D eigenvalue weighted by Gasteiger charge is 2.42. The van der Waals surface area contributed by atoms with Crippen LogP contribution in [0.2, 0.25) is 0 Å². The number of nitrogens with zero attached hydrogens (tertiary/aromatic N) is 5. The number of hydrogen-bond acceptors (Lipinski definition) is 7. The summed E-state index contributed by atoms with van der Waals surface area (Å²) in [6, 6.07) is 0. The number of rotatable bonds is 4. The molecule has 0 atom stereocenters. The topological polar surface area (TPSA) is 115 Å². The van der Waals surface area contributed by atoms with E-state index in [1.807, 2.05) is 0 Å². The number of nitrogens with two attached hydrogens (primary N) is 1. The molecule has 8 nitrogen and oxygen atoms in total. The number of hydrogen-bond donors (Lipinski definition) is 3. The molecule has 1 saturated carbocycles. The molecule has 0 radical (unpaired) electrons. The molecule has 2 aromatic heterocycles. The van der Waals surface area contributed by atoms with Gasteiger partial charge in [0.1, 0.15) is 6.33 Å². The first-order valence-corrected chi connectivity index (χ1v) is 5.60. The molecule has 0 unspecified atom stereocenters. The van der Waals surface area contributed by atoms with Crippen LogP contribution in [0.3, 0.4) is 0 Å². The summed E-state index contributed by atoms with van der Waals surface area (Å²) in [6.45, 7) is 0.0546. The lowest BCUT2D eigenvalue weighted by Crippen LogP contribution is -2.27. The van der Waals surface area contributed by atoms with Crippen LogP contribution in [0.5, 0.6) is 0 Å². The summed E-state index contributed by atoms with van der Waals surface area (Å²) >= 11 is 0. The van der Waals surface area contributed by atoms with E-state index in [9.17, 15) is 5.11 Å². The third kappa shape index (κ3) is 1.97. The van der Waals surface area contributed by atoms with Crippen LogP contribution >= 0.6 is 0 Å². The van der Waals surface area contributed by atoms with E-state index in [4.69, 9.17) is 5.73 Å². The van der Waals surface area contributed by atoms with Gasteiger partial charge in [-0.25, -0.2) is 4.98 Å². The number of aliphatic hydroxyl groups is 1. The molecule has 2 aromatic rings. The van der Waals surface area contributed by atoms with Gasteiger partial charge >= 0.3 is 0 Å².